The number of guanidine groups is 1. The van der Waals surface area contributed by atoms with Crippen LogP contribution in [-0.2, 0) is 19.9 Å². The molecule has 0 fully saturated rings. The van der Waals surface area contributed by atoms with E-state index < -0.39 is 0 Å². The Morgan fingerprint density at radius 3 is 2.75 bits per heavy atom. The smallest absolute Gasteiger partial charge is 0.191 e. The van der Waals surface area contributed by atoms with Crippen LogP contribution in [0.2, 0.25) is 0 Å². The molecule has 0 amide bonds. The van der Waals surface area contributed by atoms with Gasteiger partial charge in [-0.3, -0.25) is 9.67 Å². The highest BCUT2D eigenvalue weighted by molar-refractivity contribution is 14.0. The van der Waals surface area contributed by atoms with Gasteiger partial charge in [-0.05, 0) is 63.1 Å². The van der Waals surface area contributed by atoms with Gasteiger partial charge < -0.3 is 10.6 Å². The molecular weight excluding hydrogens is 461 g/mol. The van der Waals surface area contributed by atoms with Crippen molar-refractivity contribution in [1.82, 2.24) is 20.4 Å². The minimum atomic E-state index is 0. The number of fused-ring (bicyclic) bond motifs is 1. The van der Waals surface area contributed by atoms with Gasteiger partial charge in [-0.15, -0.1) is 24.0 Å². The van der Waals surface area contributed by atoms with Crippen LogP contribution in [-0.4, -0.2) is 35.4 Å². The number of aryl methyl sites for hydroxylation is 3. The van der Waals surface area contributed by atoms with Crippen LogP contribution in [0.15, 0.2) is 29.3 Å². The van der Waals surface area contributed by atoms with Gasteiger partial charge in [0, 0.05) is 38.3 Å². The number of aliphatic imine (C=N–C) groups is 1. The summed E-state index contributed by atoms with van der Waals surface area (Å²) < 4.78 is 1.96. The summed E-state index contributed by atoms with van der Waals surface area (Å²) in [6.07, 6.45) is 4.66. The van der Waals surface area contributed by atoms with E-state index in [-0.39, 0.29) is 30.0 Å². The van der Waals surface area contributed by atoms with Crippen molar-refractivity contribution in [1.29, 1.82) is 0 Å². The van der Waals surface area contributed by atoms with Gasteiger partial charge in [0.15, 0.2) is 5.96 Å². The summed E-state index contributed by atoms with van der Waals surface area (Å²) >= 11 is 0. The summed E-state index contributed by atoms with van der Waals surface area (Å²) in [6.45, 7) is 7.35. The molecule has 2 atom stereocenters. The first kappa shape index (κ1) is 22.7. The van der Waals surface area contributed by atoms with E-state index in [1.807, 2.05) is 18.8 Å². The molecule has 2 aromatic rings. The molecule has 5 nitrogen and oxygen atoms in total. The highest BCUT2D eigenvalue weighted by Gasteiger charge is 2.20. The van der Waals surface area contributed by atoms with Crippen LogP contribution in [0.25, 0.3) is 0 Å². The molecule has 0 aliphatic heterocycles. The molecule has 2 unspecified atom stereocenters. The molecule has 28 heavy (non-hydrogen) atoms. The van der Waals surface area contributed by atoms with E-state index in [0.717, 1.165) is 24.6 Å². The molecule has 154 valence electrons. The first-order chi connectivity index (χ1) is 13.0. The van der Waals surface area contributed by atoms with Gasteiger partial charge in [-0.25, -0.2) is 0 Å². The molecule has 0 bridgehead atoms. The van der Waals surface area contributed by atoms with E-state index in [0.29, 0.717) is 5.92 Å². The van der Waals surface area contributed by atoms with Gasteiger partial charge in [-0.2, -0.15) is 5.10 Å². The van der Waals surface area contributed by atoms with E-state index in [2.05, 4.69) is 65.8 Å². The Balaban J connectivity index is 0.00000280. The van der Waals surface area contributed by atoms with E-state index in [4.69, 9.17) is 0 Å². The second-order valence-electron chi connectivity index (χ2n) is 7.76. The molecule has 1 heterocycles. The van der Waals surface area contributed by atoms with Crippen molar-refractivity contribution in [3.8, 4) is 0 Å². The highest BCUT2D eigenvalue weighted by atomic mass is 127. The topological polar surface area (TPSA) is 54.2 Å². The third-order valence-electron chi connectivity index (χ3n) is 5.79. The molecule has 1 aromatic heterocycles. The van der Waals surface area contributed by atoms with Crippen LogP contribution in [0, 0.1) is 13.8 Å². The number of benzene rings is 1. The number of rotatable bonds is 5. The molecule has 0 radical (unpaired) electrons. The van der Waals surface area contributed by atoms with E-state index in [1.165, 1.54) is 41.6 Å². The summed E-state index contributed by atoms with van der Waals surface area (Å²) in [6, 6.07) is 9.16. The lowest BCUT2D eigenvalue weighted by Gasteiger charge is -2.27. The van der Waals surface area contributed by atoms with E-state index in [1.54, 1.807) is 0 Å². The maximum Gasteiger partial charge on any atom is 0.191 e. The highest BCUT2D eigenvalue weighted by Crippen LogP contribution is 2.30. The fourth-order valence-electron chi connectivity index (χ4n) is 4.18. The number of hydrogen-bond donors (Lipinski definition) is 2. The third-order valence-corrected chi connectivity index (χ3v) is 5.79. The predicted molar refractivity (Wildman–Crippen MR) is 128 cm³/mol. The summed E-state index contributed by atoms with van der Waals surface area (Å²) in [5, 5.41) is 11.6. The fourth-order valence-corrected chi connectivity index (χ4v) is 4.18. The van der Waals surface area contributed by atoms with Gasteiger partial charge in [0.05, 0.1) is 5.69 Å². The van der Waals surface area contributed by atoms with Crippen LogP contribution in [0.4, 0.5) is 0 Å². The molecule has 1 aliphatic rings. The zero-order valence-corrected chi connectivity index (χ0v) is 20.1. The Morgan fingerprint density at radius 2 is 2.07 bits per heavy atom. The number of aromatic nitrogens is 2. The van der Waals surface area contributed by atoms with Crippen LogP contribution < -0.4 is 10.6 Å². The summed E-state index contributed by atoms with van der Waals surface area (Å²) in [5.74, 6) is 1.44. The monoisotopic (exact) mass is 495 g/mol. The van der Waals surface area contributed by atoms with Crippen molar-refractivity contribution in [2.45, 2.75) is 58.4 Å². The van der Waals surface area contributed by atoms with Crippen LogP contribution in [0.5, 0.6) is 0 Å². The van der Waals surface area contributed by atoms with Gasteiger partial charge in [-0.1, -0.05) is 24.3 Å². The minimum Gasteiger partial charge on any atom is -0.356 e. The number of halogens is 1. The average molecular weight is 495 g/mol. The molecule has 3 rings (SSSR count). The quantitative estimate of drug-likeness (QED) is 0.376. The second kappa shape index (κ2) is 10.3. The Hall–Kier alpha value is -1.57. The summed E-state index contributed by atoms with van der Waals surface area (Å²) in [7, 11) is 3.85. The van der Waals surface area contributed by atoms with Crippen LogP contribution in [0.1, 0.15) is 53.8 Å². The SMILES string of the molecule is CN=C(NCC1CCCc2ccccc21)NC(C)Cc1c(C)nn(C)c1C.I. The number of hydrogen-bond acceptors (Lipinski definition) is 2. The molecule has 0 spiro atoms. The molecule has 0 saturated heterocycles. The van der Waals surface area contributed by atoms with Crippen molar-refractivity contribution in [2.75, 3.05) is 13.6 Å². The van der Waals surface area contributed by atoms with E-state index >= 15 is 0 Å². The Morgan fingerprint density at radius 1 is 1.32 bits per heavy atom. The lowest BCUT2D eigenvalue weighted by molar-refractivity contribution is 0.535. The van der Waals surface area contributed by atoms with Gasteiger partial charge in [0.25, 0.3) is 0 Å². The molecule has 1 aromatic carbocycles. The van der Waals surface area contributed by atoms with Gasteiger partial charge >= 0.3 is 0 Å². The molecule has 6 heteroatoms. The molecular formula is C22H34IN5. The third kappa shape index (κ3) is 5.27. The number of nitrogens with zero attached hydrogens (tertiary/aromatic N) is 3. The predicted octanol–water partition coefficient (Wildman–Crippen LogP) is 3.87. The van der Waals surface area contributed by atoms with Crippen molar-refractivity contribution < 1.29 is 0 Å². The Labute approximate surface area is 186 Å². The summed E-state index contributed by atoms with van der Waals surface area (Å²) in [5.41, 5.74) is 6.69. The first-order valence-corrected chi connectivity index (χ1v) is 10.0. The van der Waals surface area contributed by atoms with Gasteiger partial charge in [0.1, 0.15) is 0 Å². The zero-order valence-electron chi connectivity index (χ0n) is 17.7. The largest absolute Gasteiger partial charge is 0.356 e. The van der Waals surface area contributed by atoms with Crippen molar-refractivity contribution >= 4 is 29.9 Å². The van der Waals surface area contributed by atoms with Crippen LogP contribution >= 0.6 is 24.0 Å². The molecule has 0 saturated carbocycles. The van der Waals surface area contributed by atoms with Crippen molar-refractivity contribution in [3.63, 3.8) is 0 Å². The average Bonchev–Trinajstić information content (AvgIpc) is 2.91. The lowest BCUT2D eigenvalue weighted by atomic mass is 9.83. The van der Waals surface area contributed by atoms with Crippen molar-refractivity contribution in [3.05, 3.63) is 52.3 Å². The van der Waals surface area contributed by atoms with Crippen LogP contribution in [0.3, 0.4) is 0 Å². The molecule has 1 aliphatic carbocycles. The second-order valence-corrected chi connectivity index (χ2v) is 7.76. The molecule has 2 N–H and O–H groups in total. The summed E-state index contributed by atoms with van der Waals surface area (Å²) in [4.78, 5) is 4.43. The van der Waals surface area contributed by atoms with Crippen molar-refractivity contribution in [2.24, 2.45) is 12.0 Å². The number of nitrogens with one attached hydrogen (secondary N) is 2. The Kier molecular flexibility index (Phi) is 8.34. The zero-order chi connectivity index (χ0) is 19.4. The standard InChI is InChI=1S/C22H33N5.HI/c1-15(13-21-16(2)26-27(5)17(21)3)25-22(23-4)24-14-19-11-8-10-18-9-6-7-12-20(18)19;/h6-7,9,12,15,19H,8,10-11,13-14H2,1-5H3,(H2,23,24,25);1H. The maximum absolute atomic E-state index is 4.52. The minimum absolute atomic E-state index is 0. The lowest BCUT2D eigenvalue weighted by Crippen LogP contribution is -2.44. The maximum atomic E-state index is 4.52. The Bertz CT molecular complexity index is 811. The first-order valence-electron chi connectivity index (χ1n) is 10.0. The normalized spacial score (nSPS) is 17.5. The fraction of sp³-hybridized carbons (Fsp3) is 0.545. The van der Waals surface area contributed by atoms with Gasteiger partial charge in [0.2, 0.25) is 0 Å². The van der Waals surface area contributed by atoms with E-state index in [9.17, 15) is 0 Å².